The number of benzene rings is 2. The zero-order chi connectivity index (χ0) is 30.2. The highest BCUT2D eigenvalue weighted by Gasteiger charge is 2.26. The second-order valence-corrected chi connectivity index (χ2v) is 12.7. The number of aromatic nitrogens is 2. The quantitative estimate of drug-likeness (QED) is 0.115. The van der Waals surface area contributed by atoms with Crippen molar-refractivity contribution >= 4 is 5.76 Å². The Morgan fingerprint density at radius 3 is 2.16 bits per heavy atom. The minimum Gasteiger partial charge on any atom is -0.494 e. The topological polar surface area (TPSA) is 53.5 Å². The van der Waals surface area contributed by atoms with Crippen LogP contribution in [0.4, 0.5) is 0 Å². The van der Waals surface area contributed by atoms with Crippen LogP contribution < -0.4 is 4.74 Å². The van der Waals surface area contributed by atoms with Crippen molar-refractivity contribution in [1.29, 1.82) is 0 Å². The maximum absolute atomic E-state index is 6.21. The van der Waals surface area contributed by atoms with Gasteiger partial charge in [-0.05, 0) is 48.4 Å². The molecule has 2 aliphatic rings. The summed E-state index contributed by atoms with van der Waals surface area (Å²) < 4.78 is 18.1. The van der Waals surface area contributed by atoms with Gasteiger partial charge in [0.2, 0.25) is 5.76 Å². The third-order valence-corrected chi connectivity index (χ3v) is 8.92. The number of hydrogen-bond donors (Lipinski definition) is 0. The van der Waals surface area contributed by atoms with Crippen LogP contribution in [0.15, 0.2) is 67.2 Å². The number of nitrogens with zero attached hydrogens (tertiary/aromatic N) is 2. The molecule has 0 amide bonds. The molecule has 1 unspecified atom stereocenters. The number of ether oxygens (including phenoxy) is 3. The SMILES string of the molecule is CCCCCCCCOc1ccc(-c2cnc(C3=COC(c4ccccc4CCCCCCCCCC4CC4)O3)nc2)cc1. The molecule has 0 bridgehead atoms. The molecular weight excluding hydrogens is 544 g/mol. The van der Waals surface area contributed by atoms with E-state index in [0.29, 0.717) is 11.6 Å². The Morgan fingerprint density at radius 1 is 0.727 bits per heavy atom. The van der Waals surface area contributed by atoms with Crippen LogP contribution in [0.5, 0.6) is 5.75 Å². The summed E-state index contributed by atoms with van der Waals surface area (Å²) >= 11 is 0. The van der Waals surface area contributed by atoms with Gasteiger partial charge in [-0.1, -0.05) is 133 Å². The molecule has 1 fully saturated rings. The standard InChI is InChI=1S/C39H52N2O3/c1-2-3-4-5-11-16-27-42-35-25-23-32(24-26-35)34-28-40-38(41-29-34)37-30-43-39(44-37)36-20-15-14-19-33(36)18-13-10-8-6-7-9-12-17-31-21-22-31/h14-15,19-20,23-26,28-31,39H,2-13,16-18,21-22,27H2,1H3. The predicted molar refractivity (Wildman–Crippen MR) is 179 cm³/mol. The highest BCUT2D eigenvalue weighted by atomic mass is 16.7. The monoisotopic (exact) mass is 596 g/mol. The van der Waals surface area contributed by atoms with Gasteiger partial charge in [0, 0.05) is 23.5 Å². The molecule has 1 aromatic heterocycles. The minimum atomic E-state index is -0.458. The molecule has 5 rings (SSSR count). The van der Waals surface area contributed by atoms with Crippen LogP contribution in [-0.4, -0.2) is 16.6 Å². The largest absolute Gasteiger partial charge is 0.494 e. The highest BCUT2D eigenvalue weighted by molar-refractivity contribution is 5.63. The van der Waals surface area contributed by atoms with Gasteiger partial charge in [-0.15, -0.1) is 0 Å². The van der Waals surface area contributed by atoms with Gasteiger partial charge in [0.05, 0.1) is 6.61 Å². The molecule has 0 spiro atoms. The summed E-state index contributed by atoms with van der Waals surface area (Å²) in [5.41, 5.74) is 4.40. The second kappa shape index (κ2) is 17.8. The van der Waals surface area contributed by atoms with Gasteiger partial charge >= 0.3 is 0 Å². The van der Waals surface area contributed by atoms with Crippen molar-refractivity contribution in [3.63, 3.8) is 0 Å². The molecule has 1 atom stereocenters. The predicted octanol–water partition coefficient (Wildman–Crippen LogP) is 11.0. The Labute approximate surface area is 265 Å². The van der Waals surface area contributed by atoms with Crippen molar-refractivity contribution in [3.8, 4) is 16.9 Å². The van der Waals surface area contributed by atoms with Crippen molar-refractivity contribution in [1.82, 2.24) is 9.97 Å². The molecule has 3 aromatic rings. The third kappa shape index (κ3) is 10.4. The molecule has 2 heterocycles. The van der Waals surface area contributed by atoms with Gasteiger partial charge in [-0.3, -0.25) is 0 Å². The molecule has 0 N–H and O–H groups in total. The summed E-state index contributed by atoms with van der Waals surface area (Å²) in [4.78, 5) is 9.19. The summed E-state index contributed by atoms with van der Waals surface area (Å²) in [6.07, 6.45) is 27.4. The van der Waals surface area contributed by atoms with Gasteiger partial charge in [0.1, 0.15) is 12.0 Å². The zero-order valence-electron chi connectivity index (χ0n) is 26.9. The van der Waals surface area contributed by atoms with E-state index in [-0.39, 0.29) is 0 Å². The number of hydrogen-bond acceptors (Lipinski definition) is 5. The van der Waals surface area contributed by atoms with E-state index >= 15 is 0 Å². The van der Waals surface area contributed by atoms with Crippen molar-refractivity contribution in [2.24, 2.45) is 5.92 Å². The zero-order valence-corrected chi connectivity index (χ0v) is 26.9. The number of unbranched alkanes of at least 4 members (excludes halogenated alkanes) is 11. The van der Waals surface area contributed by atoms with Gasteiger partial charge in [-0.25, -0.2) is 9.97 Å². The van der Waals surface area contributed by atoms with E-state index in [4.69, 9.17) is 14.2 Å². The first-order valence-corrected chi connectivity index (χ1v) is 17.5. The molecule has 2 aromatic carbocycles. The smallest absolute Gasteiger partial charge is 0.267 e. The summed E-state index contributed by atoms with van der Waals surface area (Å²) in [7, 11) is 0. The Hall–Kier alpha value is -3.34. The van der Waals surface area contributed by atoms with Gasteiger partial charge < -0.3 is 14.2 Å². The van der Waals surface area contributed by atoms with Crippen LogP contribution in [0.25, 0.3) is 16.9 Å². The first-order valence-electron chi connectivity index (χ1n) is 17.5. The average Bonchev–Trinajstić information content (AvgIpc) is 3.77. The average molecular weight is 597 g/mol. The van der Waals surface area contributed by atoms with E-state index in [2.05, 4.69) is 53.3 Å². The Morgan fingerprint density at radius 2 is 1.41 bits per heavy atom. The summed E-state index contributed by atoms with van der Waals surface area (Å²) in [5.74, 6) is 3.08. The minimum absolute atomic E-state index is 0.458. The van der Waals surface area contributed by atoms with E-state index in [1.54, 1.807) is 6.26 Å². The Kier molecular flexibility index (Phi) is 13.0. The molecule has 0 radical (unpaired) electrons. The lowest BCUT2D eigenvalue weighted by Gasteiger charge is -2.16. The summed E-state index contributed by atoms with van der Waals surface area (Å²) in [6, 6.07) is 16.7. The molecule has 5 heteroatoms. The fraction of sp³-hybridized carbons (Fsp3) is 0.538. The first kappa shape index (κ1) is 32.1. The van der Waals surface area contributed by atoms with E-state index in [1.165, 1.54) is 102 Å². The molecule has 1 saturated carbocycles. The van der Waals surface area contributed by atoms with Gasteiger partial charge in [0.25, 0.3) is 6.29 Å². The van der Waals surface area contributed by atoms with Gasteiger partial charge in [-0.2, -0.15) is 0 Å². The molecule has 0 saturated heterocycles. The maximum atomic E-state index is 6.21. The summed E-state index contributed by atoms with van der Waals surface area (Å²) in [6.45, 7) is 3.02. The molecule has 5 nitrogen and oxygen atoms in total. The molecule has 1 aliphatic heterocycles. The van der Waals surface area contributed by atoms with Crippen molar-refractivity contribution < 1.29 is 14.2 Å². The Balaban J connectivity index is 1.03. The van der Waals surface area contributed by atoms with Crippen LogP contribution in [0, 0.1) is 5.92 Å². The van der Waals surface area contributed by atoms with Crippen LogP contribution in [-0.2, 0) is 15.9 Å². The lowest BCUT2D eigenvalue weighted by molar-refractivity contribution is -0.0181. The Bertz CT molecular complexity index is 1270. The third-order valence-electron chi connectivity index (χ3n) is 8.92. The molecule has 44 heavy (non-hydrogen) atoms. The van der Waals surface area contributed by atoms with E-state index < -0.39 is 6.29 Å². The van der Waals surface area contributed by atoms with Crippen molar-refractivity contribution in [2.45, 2.75) is 122 Å². The number of aryl methyl sites for hydroxylation is 1. The molecule has 236 valence electrons. The van der Waals surface area contributed by atoms with Crippen molar-refractivity contribution in [2.75, 3.05) is 6.61 Å². The van der Waals surface area contributed by atoms with Crippen LogP contribution >= 0.6 is 0 Å². The lowest BCUT2D eigenvalue weighted by atomic mass is 9.99. The molecule has 1 aliphatic carbocycles. The first-order chi connectivity index (χ1) is 21.8. The maximum Gasteiger partial charge on any atom is 0.267 e. The summed E-state index contributed by atoms with van der Waals surface area (Å²) in [5, 5.41) is 0. The van der Waals surface area contributed by atoms with Crippen molar-refractivity contribution in [3.05, 3.63) is 84.1 Å². The molecular formula is C39H52N2O3. The van der Waals surface area contributed by atoms with Crippen LogP contribution in [0.3, 0.4) is 0 Å². The lowest BCUT2D eigenvalue weighted by Crippen LogP contribution is -2.04. The van der Waals surface area contributed by atoms with Crippen LogP contribution in [0.1, 0.15) is 133 Å². The fourth-order valence-electron chi connectivity index (χ4n) is 5.99. The van der Waals surface area contributed by atoms with Crippen LogP contribution in [0.2, 0.25) is 0 Å². The van der Waals surface area contributed by atoms with E-state index in [9.17, 15) is 0 Å². The van der Waals surface area contributed by atoms with E-state index in [1.807, 2.05) is 24.5 Å². The normalized spacial score (nSPS) is 15.9. The fourth-order valence-corrected chi connectivity index (χ4v) is 5.99. The highest BCUT2D eigenvalue weighted by Crippen LogP contribution is 2.35. The second-order valence-electron chi connectivity index (χ2n) is 12.7. The van der Waals surface area contributed by atoms with Gasteiger partial charge in [0.15, 0.2) is 5.82 Å². The number of rotatable bonds is 21. The van der Waals surface area contributed by atoms with E-state index in [0.717, 1.165) is 47.8 Å².